The van der Waals surface area contributed by atoms with Gasteiger partial charge in [0.25, 0.3) is 0 Å². The molecule has 0 N–H and O–H groups in total. The van der Waals surface area contributed by atoms with Gasteiger partial charge in [-0.15, -0.1) is 75.5 Å². The van der Waals surface area contributed by atoms with Crippen molar-refractivity contribution >= 4 is 59.8 Å². The van der Waals surface area contributed by atoms with Crippen LogP contribution in [0.1, 0.15) is 63.8 Å². The van der Waals surface area contributed by atoms with Crippen molar-refractivity contribution < 1.29 is 23.3 Å². The van der Waals surface area contributed by atoms with Gasteiger partial charge in [0.05, 0.1) is 0 Å². The van der Waals surface area contributed by atoms with Crippen LogP contribution in [0.2, 0.25) is 0 Å². The van der Waals surface area contributed by atoms with Crippen LogP contribution >= 0.6 is 36.6 Å². The van der Waals surface area contributed by atoms with Crippen LogP contribution < -0.4 is 0 Å². The van der Waals surface area contributed by atoms with Gasteiger partial charge in [-0.1, -0.05) is 120 Å². The van der Waals surface area contributed by atoms with Crippen molar-refractivity contribution in [2.75, 3.05) is 0 Å². The first-order chi connectivity index (χ1) is 19.5. The van der Waals surface area contributed by atoms with E-state index < -0.39 is 0 Å². The summed E-state index contributed by atoms with van der Waals surface area (Å²) in [6.45, 7) is 20.9. The topological polar surface area (TPSA) is 0 Å². The molecule has 0 fully saturated rings. The molecule has 2 radical (unpaired) electrons. The molecule has 0 bridgehead atoms. The summed E-state index contributed by atoms with van der Waals surface area (Å²) in [6, 6.07) is 28.8. The number of aryl methyl sites for hydroxylation is 2. The SMILES string of the molecule is CC(C)C1=CC2=C(c3ccccc3)C(C)SC2=[C-]1.Cc1cc2c(-c3ccc(C(C)(C)C)cc3)ccc(C)c2[cH-]1.Cl.Cl.[CH3-].[CH3-].[Si]=[Zr]. The second-order valence-electron chi connectivity index (χ2n) is 12.3. The number of hydrogen-bond acceptors (Lipinski definition) is 1. The Bertz CT molecular complexity index is 1620. The van der Waals surface area contributed by atoms with Crippen LogP contribution in [0.5, 0.6) is 0 Å². The number of hydrogen-bond donors (Lipinski definition) is 0. The Morgan fingerprint density at radius 1 is 0.867 bits per heavy atom. The zero-order valence-corrected chi connectivity index (χ0v) is 34.4. The van der Waals surface area contributed by atoms with Crippen molar-refractivity contribution in [2.24, 2.45) is 5.92 Å². The minimum absolute atomic E-state index is 0. The maximum atomic E-state index is 3.57. The Hall–Kier alpha value is -1.48. The normalized spacial score (nSPS) is 14.6. The molecule has 0 aromatic heterocycles. The molecule has 0 nitrogen and oxygen atoms in total. The van der Waals surface area contributed by atoms with Crippen molar-refractivity contribution in [3.63, 3.8) is 0 Å². The third-order valence-corrected chi connectivity index (χ3v) is 8.96. The molecule has 2 aliphatic rings. The summed E-state index contributed by atoms with van der Waals surface area (Å²) in [6.07, 6.45) is 5.90. The van der Waals surface area contributed by atoms with Gasteiger partial charge < -0.3 is 14.9 Å². The molecule has 240 valence electrons. The summed E-state index contributed by atoms with van der Waals surface area (Å²) in [5, 5.41) is 3.29. The fourth-order valence-electron chi connectivity index (χ4n) is 5.51. The summed E-state index contributed by atoms with van der Waals surface area (Å²) in [5.74, 6) is 0.559. The van der Waals surface area contributed by atoms with E-state index in [1.807, 2.05) is 11.8 Å². The van der Waals surface area contributed by atoms with E-state index in [2.05, 4.69) is 153 Å². The first-order valence-corrected chi connectivity index (χ1v) is 19.4. The summed E-state index contributed by atoms with van der Waals surface area (Å²) < 4.78 is 0. The predicted molar refractivity (Wildman–Crippen MR) is 206 cm³/mol. The third kappa shape index (κ3) is 10.0. The number of rotatable bonds is 3. The molecule has 1 unspecified atom stereocenters. The molecule has 1 atom stereocenters. The second-order valence-corrected chi connectivity index (χ2v) is 13.6. The third-order valence-electron chi connectivity index (χ3n) is 7.81. The number of allylic oxidation sites excluding steroid dienone is 4. The van der Waals surface area contributed by atoms with Gasteiger partial charge in [0.1, 0.15) is 0 Å². The molecule has 0 spiro atoms. The van der Waals surface area contributed by atoms with Crippen LogP contribution in [-0.4, -0.2) is 12.1 Å². The molecule has 0 saturated heterocycles. The molecule has 0 amide bonds. The quantitative estimate of drug-likeness (QED) is 0.148. The van der Waals surface area contributed by atoms with Crippen LogP contribution in [-0.2, 0) is 28.8 Å². The van der Waals surface area contributed by atoms with E-state index in [1.165, 1.54) is 89.1 Å². The molecule has 1 heterocycles. The van der Waals surface area contributed by atoms with Crippen LogP contribution in [0.15, 0.2) is 101 Å². The fraction of sp³-hybridized carbons (Fsp3) is 0.275. The van der Waals surface area contributed by atoms with Crippen LogP contribution in [0.25, 0.3) is 27.5 Å². The zero-order valence-electron chi connectivity index (χ0n) is 28.5. The molecular weight excluding hydrogens is 703 g/mol. The number of benzene rings is 3. The van der Waals surface area contributed by atoms with E-state index in [4.69, 9.17) is 0 Å². The molecule has 4 aromatic rings. The van der Waals surface area contributed by atoms with E-state index in [-0.39, 0.29) is 45.1 Å². The Labute approximate surface area is 308 Å². The molecule has 6 rings (SSSR count). The Morgan fingerprint density at radius 2 is 1.47 bits per heavy atom. The predicted octanol–water partition coefficient (Wildman–Crippen LogP) is 12.4. The summed E-state index contributed by atoms with van der Waals surface area (Å²) in [7, 11) is 0. The Kier molecular flexibility index (Phi) is 18.1. The molecular formula is C40H48Cl2SSiZr-4. The molecule has 5 heteroatoms. The van der Waals surface area contributed by atoms with Crippen molar-refractivity contribution in [2.45, 2.75) is 66.1 Å². The standard InChI is InChI=1S/C21H23.C17H17S.2CH3.2ClH.Si.Zr/c1-14-12-19-15(2)6-11-18(20(19)13-14)16-7-9-17(10-8-16)21(3,4)5;1-11(2)14-9-15-16(10-14)18-12(3)17(15)13-7-5-4-6-8-13;;;;;;/h6-13H,1-5H3;4-9,11-12H,1-3H3;2*1H3;2*1H;;/q4*-1;;;;. The Balaban J connectivity index is 0.000000758. The van der Waals surface area contributed by atoms with E-state index >= 15 is 0 Å². The van der Waals surface area contributed by atoms with Gasteiger partial charge in [-0.05, 0) is 34.9 Å². The van der Waals surface area contributed by atoms with Crippen LogP contribution in [0.3, 0.4) is 0 Å². The number of thioether (sulfide) groups is 1. The maximum absolute atomic E-state index is 3.57. The first-order valence-electron chi connectivity index (χ1n) is 14.4. The summed E-state index contributed by atoms with van der Waals surface area (Å²) >= 11 is 3.30. The summed E-state index contributed by atoms with van der Waals surface area (Å²) in [5.41, 5.74) is 12.5. The van der Waals surface area contributed by atoms with E-state index in [0.29, 0.717) is 11.2 Å². The van der Waals surface area contributed by atoms with Crippen molar-refractivity contribution in [3.05, 3.63) is 144 Å². The number of fused-ring (bicyclic) bond motifs is 2. The second kappa shape index (κ2) is 18.8. The first kappa shape index (κ1) is 43.5. The van der Waals surface area contributed by atoms with Gasteiger partial charge >= 0.3 is 30.2 Å². The fourth-order valence-corrected chi connectivity index (χ4v) is 6.72. The van der Waals surface area contributed by atoms with Gasteiger partial charge in [-0.2, -0.15) is 23.3 Å². The van der Waals surface area contributed by atoms with Crippen molar-refractivity contribution in [1.82, 2.24) is 0 Å². The van der Waals surface area contributed by atoms with Crippen LogP contribution in [0.4, 0.5) is 0 Å². The van der Waals surface area contributed by atoms with Crippen LogP contribution in [0, 0.1) is 40.7 Å². The van der Waals surface area contributed by atoms with Gasteiger partial charge in [0, 0.05) is 5.25 Å². The molecule has 0 saturated carbocycles. The van der Waals surface area contributed by atoms with E-state index in [1.54, 1.807) is 0 Å². The average Bonchev–Trinajstić information content (AvgIpc) is 3.63. The monoisotopic (exact) mass is 748 g/mol. The Morgan fingerprint density at radius 3 is 2.02 bits per heavy atom. The average molecular weight is 751 g/mol. The molecule has 1 aliphatic carbocycles. The number of halogens is 2. The molecule has 1 aliphatic heterocycles. The van der Waals surface area contributed by atoms with Crippen molar-refractivity contribution in [3.8, 4) is 11.1 Å². The van der Waals surface area contributed by atoms with E-state index in [0.717, 1.165) is 0 Å². The van der Waals surface area contributed by atoms with Gasteiger partial charge in [-0.3, -0.25) is 0 Å². The van der Waals surface area contributed by atoms with Gasteiger partial charge in [0.15, 0.2) is 0 Å². The molecule has 4 aromatic carbocycles. The van der Waals surface area contributed by atoms with E-state index in [9.17, 15) is 0 Å². The van der Waals surface area contributed by atoms with Gasteiger partial charge in [0.2, 0.25) is 0 Å². The minimum atomic E-state index is 0. The molecule has 45 heavy (non-hydrogen) atoms. The zero-order chi connectivity index (χ0) is 29.9. The van der Waals surface area contributed by atoms with Crippen molar-refractivity contribution in [1.29, 1.82) is 0 Å². The van der Waals surface area contributed by atoms with Gasteiger partial charge in [-0.25, -0.2) is 6.08 Å². The summed E-state index contributed by atoms with van der Waals surface area (Å²) in [4.78, 5) is 1.34.